The molecule has 0 saturated carbocycles. The van der Waals surface area contributed by atoms with Gasteiger partial charge in [-0.05, 0) is 38.1 Å². The van der Waals surface area contributed by atoms with Crippen molar-refractivity contribution in [2.24, 2.45) is 0 Å². The van der Waals surface area contributed by atoms with Crippen LogP contribution in [0.4, 0.5) is 0 Å². The smallest absolute Gasteiger partial charge is 0.338 e. The van der Waals surface area contributed by atoms with Crippen LogP contribution in [0.1, 0.15) is 24.2 Å². The third-order valence-corrected chi connectivity index (χ3v) is 2.17. The number of hydrogen-bond donors (Lipinski definition) is 1. The molecule has 0 aromatic heterocycles. The van der Waals surface area contributed by atoms with Crippen molar-refractivity contribution in [2.75, 3.05) is 13.2 Å². The van der Waals surface area contributed by atoms with E-state index in [4.69, 9.17) is 14.6 Å². The Morgan fingerprint density at radius 2 is 2.00 bits per heavy atom. The number of carbonyl (C=O) groups excluding carboxylic acids is 1. The Bertz CT molecular complexity index is 408. The number of benzene rings is 1. The fourth-order valence-electron chi connectivity index (χ4n) is 1.21. The number of esters is 1. The van der Waals surface area contributed by atoms with Crippen molar-refractivity contribution < 1.29 is 19.4 Å². The molecular formula is C14H18O4. The van der Waals surface area contributed by atoms with Gasteiger partial charge < -0.3 is 14.6 Å². The molecule has 0 amide bonds. The van der Waals surface area contributed by atoms with Crippen molar-refractivity contribution in [1.29, 1.82) is 0 Å². The van der Waals surface area contributed by atoms with Gasteiger partial charge in [-0.2, -0.15) is 0 Å². The van der Waals surface area contributed by atoms with E-state index in [1.807, 2.05) is 13.8 Å². The Morgan fingerprint density at radius 1 is 1.39 bits per heavy atom. The monoisotopic (exact) mass is 250 g/mol. The Labute approximate surface area is 107 Å². The predicted octanol–water partition coefficient (Wildman–Crippen LogP) is 2.53. The zero-order valence-electron chi connectivity index (χ0n) is 10.7. The van der Waals surface area contributed by atoms with E-state index in [9.17, 15) is 4.79 Å². The zero-order chi connectivity index (χ0) is 13.5. The summed E-state index contributed by atoms with van der Waals surface area (Å²) in [5.74, 6) is -0.314. The highest BCUT2D eigenvalue weighted by Gasteiger charge is 2.10. The molecule has 0 spiro atoms. The van der Waals surface area contributed by atoms with Crippen LogP contribution in [0.5, 0.6) is 5.75 Å². The Hall–Kier alpha value is -1.81. The number of hydrogen-bond acceptors (Lipinski definition) is 4. The number of ether oxygens (including phenoxy) is 2. The lowest BCUT2D eigenvalue weighted by Gasteiger charge is -2.13. The van der Waals surface area contributed by atoms with E-state index in [0.717, 1.165) is 5.57 Å². The molecule has 1 N–H and O–H groups in total. The van der Waals surface area contributed by atoms with E-state index in [-0.39, 0.29) is 18.5 Å². The van der Waals surface area contributed by atoms with Gasteiger partial charge in [0.25, 0.3) is 0 Å². The summed E-state index contributed by atoms with van der Waals surface area (Å²) in [7, 11) is 0. The Morgan fingerprint density at radius 3 is 2.56 bits per heavy atom. The maximum Gasteiger partial charge on any atom is 0.338 e. The van der Waals surface area contributed by atoms with Crippen LogP contribution >= 0.6 is 0 Å². The fourth-order valence-corrected chi connectivity index (χ4v) is 1.21. The lowest BCUT2D eigenvalue weighted by atomic mass is 10.2. The number of phenols is 1. The molecule has 1 rings (SSSR count). The molecule has 1 unspecified atom stereocenters. The minimum Gasteiger partial charge on any atom is -0.508 e. The minimum atomic E-state index is -0.430. The zero-order valence-corrected chi connectivity index (χ0v) is 10.7. The summed E-state index contributed by atoms with van der Waals surface area (Å²) < 4.78 is 10.5. The van der Waals surface area contributed by atoms with Gasteiger partial charge in [-0.1, -0.05) is 12.2 Å². The maximum atomic E-state index is 11.6. The van der Waals surface area contributed by atoms with Crippen molar-refractivity contribution in [3.63, 3.8) is 0 Å². The molecule has 0 saturated heterocycles. The van der Waals surface area contributed by atoms with Gasteiger partial charge in [-0.25, -0.2) is 4.79 Å². The van der Waals surface area contributed by atoms with E-state index < -0.39 is 5.97 Å². The summed E-state index contributed by atoms with van der Waals surface area (Å²) in [6.07, 6.45) is -0.178. The van der Waals surface area contributed by atoms with Crippen LogP contribution in [0.25, 0.3) is 0 Å². The SMILES string of the molecule is C=C(C)COC(C)COC(=O)c1ccc(O)cc1. The quantitative estimate of drug-likeness (QED) is 0.622. The van der Waals surface area contributed by atoms with Crippen LogP contribution in [0, 0.1) is 0 Å². The number of carbonyl (C=O) groups is 1. The van der Waals surface area contributed by atoms with E-state index in [2.05, 4.69) is 6.58 Å². The summed E-state index contributed by atoms with van der Waals surface area (Å²) in [6.45, 7) is 8.06. The van der Waals surface area contributed by atoms with Gasteiger partial charge >= 0.3 is 5.97 Å². The standard InChI is InChI=1S/C14H18O4/c1-10(2)8-17-11(3)9-18-14(16)12-4-6-13(15)7-5-12/h4-7,11,15H,1,8-9H2,2-3H3. The lowest BCUT2D eigenvalue weighted by Crippen LogP contribution is -2.19. The third-order valence-electron chi connectivity index (χ3n) is 2.17. The molecule has 0 aliphatic heterocycles. The van der Waals surface area contributed by atoms with Crippen molar-refractivity contribution in [3.05, 3.63) is 42.0 Å². The van der Waals surface area contributed by atoms with E-state index in [0.29, 0.717) is 12.2 Å². The molecule has 0 heterocycles. The fraction of sp³-hybridized carbons (Fsp3) is 0.357. The van der Waals surface area contributed by atoms with Crippen LogP contribution in [0.15, 0.2) is 36.4 Å². The first-order valence-corrected chi connectivity index (χ1v) is 5.71. The number of phenolic OH excluding ortho intramolecular Hbond substituents is 1. The summed E-state index contributed by atoms with van der Waals surface area (Å²) in [5.41, 5.74) is 1.33. The Balaban J connectivity index is 2.36. The average Bonchev–Trinajstić information content (AvgIpc) is 2.34. The van der Waals surface area contributed by atoms with Gasteiger partial charge in [0.05, 0.1) is 18.3 Å². The second kappa shape index (κ2) is 6.81. The largest absolute Gasteiger partial charge is 0.508 e. The highest BCUT2D eigenvalue weighted by atomic mass is 16.6. The highest BCUT2D eigenvalue weighted by molar-refractivity contribution is 5.89. The second-order valence-corrected chi connectivity index (χ2v) is 4.22. The molecule has 0 aliphatic carbocycles. The van der Waals surface area contributed by atoms with Crippen LogP contribution < -0.4 is 0 Å². The number of aromatic hydroxyl groups is 1. The Kier molecular flexibility index (Phi) is 5.39. The van der Waals surface area contributed by atoms with E-state index in [1.165, 1.54) is 24.3 Å². The minimum absolute atomic E-state index is 0.115. The molecule has 0 bridgehead atoms. The molecule has 18 heavy (non-hydrogen) atoms. The molecule has 0 fully saturated rings. The summed E-state index contributed by atoms with van der Waals surface area (Å²) in [5, 5.41) is 9.10. The summed E-state index contributed by atoms with van der Waals surface area (Å²) >= 11 is 0. The molecular weight excluding hydrogens is 232 g/mol. The average molecular weight is 250 g/mol. The molecule has 1 aromatic carbocycles. The van der Waals surface area contributed by atoms with Gasteiger partial charge in [-0.15, -0.1) is 0 Å². The van der Waals surface area contributed by atoms with Gasteiger partial charge in [0.1, 0.15) is 12.4 Å². The van der Waals surface area contributed by atoms with E-state index in [1.54, 1.807) is 0 Å². The molecule has 98 valence electrons. The van der Waals surface area contributed by atoms with Gasteiger partial charge in [0.15, 0.2) is 0 Å². The predicted molar refractivity (Wildman–Crippen MR) is 68.6 cm³/mol. The van der Waals surface area contributed by atoms with Crippen molar-refractivity contribution >= 4 is 5.97 Å². The van der Waals surface area contributed by atoms with Crippen molar-refractivity contribution in [3.8, 4) is 5.75 Å². The normalized spacial score (nSPS) is 11.9. The van der Waals surface area contributed by atoms with Crippen LogP contribution in [-0.4, -0.2) is 30.4 Å². The first-order valence-electron chi connectivity index (χ1n) is 5.71. The summed E-state index contributed by atoms with van der Waals surface area (Å²) in [6, 6.07) is 5.91. The topological polar surface area (TPSA) is 55.8 Å². The van der Waals surface area contributed by atoms with Crippen molar-refractivity contribution in [1.82, 2.24) is 0 Å². The molecule has 1 aromatic rings. The molecule has 4 nitrogen and oxygen atoms in total. The summed E-state index contributed by atoms with van der Waals surface area (Å²) in [4.78, 5) is 11.6. The van der Waals surface area contributed by atoms with Gasteiger partial charge in [0, 0.05) is 0 Å². The third kappa shape index (κ3) is 5.01. The maximum absolute atomic E-state index is 11.6. The molecule has 1 atom stereocenters. The second-order valence-electron chi connectivity index (χ2n) is 4.22. The van der Waals surface area contributed by atoms with E-state index >= 15 is 0 Å². The van der Waals surface area contributed by atoms with Crippen LogP contribution in [-0.2, 0) is 9.47 Å². The van der Waals surface area contributed by atoms with Crippen LogP contribution in [0.2, 0.25) is 0 Å². The molecule has 4 heteroatoms. The van der Waals surface area contributed by atoms with Crippen molar-refractivity contribution in [2.45, 2.75) is 20.0 Å². The van der Waals surface area contributed by atoms with Gasteiger partial charge in [0.2, 0.25) is 0 Å². The first-order chi connectivity index (χ1) is 8.49. The number of rotatable bonds is 6. The lowest BCUT2D eigenvalue weighted by molar-refractivity contribution is 0.00639. The first kappa shape index (κ1) is 14.3. The molecule has 0 radical (unpaired) electrons. The van der Waals surface area contributed by atoms with Gasteiger partial charge in [-0.3, -0.25) is 0 Å². The molecule has 0 aliphatic rings. The van der Waals surface area contributed by atoms with Crippen LogP contribution in [0.3, 0.4) is 0 Å². The highest BCUT2D eigenvalue weighted by Crippen LogP contribution is 2.10.